The van der Waals surface area contributed by atoms with Gasteiger partial charge in [-0.3, -0.25) is 14.4 Å². The molecule has 1 aromatic carbocycles. The Kier molecular flexibility index (Phi) is 6.68. The summed E-state index contributed by atoms with van der Waals surface area (Å²) >= 11 is 0. The first-order valence-electron chi connectivity index (χ1n) is 10.8. The molecule has 1 N–H and O–H groups in total. The summed E-state index contributed by atoms with van der Waals surface area (Å²) in [6, 6.07) is 7.25. The van der Waals surface area contributed by atoms with E-state index in [0.29, 0.717) is 31.8 Å². The van der Waals surface area contributed by atoms with E-state index >= 15 is 0 Å². The van der Waals surface area contributed by atoms with E-state index in [2.05, 4.69) is 5.32 Å². The highest BCUT2D eigenvalue weighted by Gasteiger charge is 2.40. The molecule has 0 aliphatic carbocycles. The van der Waals surface area contributed by atoms with Gasteiger partial charge in [0.1, 0.15) is 5.75 Å². The van der Waals surface area contributed by atoms with Gasteiger partial charge in [0.05, 0.1) is 12.5 Å². The highest BCUT2D eigenvalue weighted by molar-refractivity contribution is 5.94. The number of carbonyl (C=O) groups is 3. The maximum Gasteiger partial charge on any atom is 0.253 e. The SMILES string of the molecule is CCOc1ccc(C(=O)N2CCC(NC(=O)C3CC(=O)N(C(C)(C)C)C3)CC2)cc1. The molecule has 0 spiro atoms. The minimum Gasteiger partial charge on any atom is -0.494 e. The van der Waals surface area contributed by atoms with Crippen LogP contribution >= 0.6 is 0 Å². The van der Waals surface area contributed by atoms with Crippen LogP contribution in [0.25, 0.3) is 0 Å². The van der Waals surface area contributed by atoms with E-state index in [9.17, 15) is 14.4 Å². The molecule has 2 heterocycles. The van der Waals surface area contributed by atoms with Gasteiger partial charge in [0, 0.05) is 43.2 Å². The van der Waals surface area contributed by atoms with Crippen LogP contribution in [-0.4, -0.2) is 65.3 Å². The van der Waals surface area contributed by atoms with Gasteiger partial charge in [0.25, 0.3) is 5.91 Å². The lowest BCUT2D eigenvalue weighted by molar-refractivity contribution is -0.132. The second kappa shape index (κ2) is 9.06. The van der Waals surface area contributed by atoms with Crippen LogP contribution in [0, 0.1) is 5.92 Å². The van der Waals surface area contributed by atoms with Crippen LogP contribution in [0.15, 0.2) is 24.3 Å². The monoisotopic (exact) mass is 415 g/mol. The van der Waals surface area contributed by atoms with E-state index < -0.39 is 0 Å². The highest BCUT2D eigenvalue weighted by atomic mass is 16.5. The highest BCUT2D eigenvalue weighted by Crippen LogP contribution is 2.26. The molecule has 0 bridgehead atoms. The Morgan fingerprint density at radius 3 is 2.30 bits per heavy atom. The lowest BCUT2D eigenvalue weighted by Gasteiger charge is -2.33. The Balaban J connectivity index is 1.48. The number of piperidine rings is 1. The number of benzene rings is 1. The maximum absolute atomic E-state index is 12.7. The van der Waals surface area contributed by atoms with Gasteiger partial charge in [-0.25, -0.2) is 0 Å². The summed E-state index contributed by atoms with van der Waals surface area (Å²) in [5.74, 6) is 0.459. The molecule has 0 radical (unpaired) electrons. The molecule has 2 aliphatic heterocycles. The van der Waals surface area contributed by atoms with Crippen molar-refractivity contribution in [3.05, 3.63) is 29.8 Å². The summed E-state index contributed by atoms with van der Waals surface area (Å²) < 4.78 is 5.42. The standard InChI is InChI=1S/C23H33N3O4/c1-5-30-19-8-6-16(7-9-19)22(29)25-12-10-18(11-13-25)24-21(28)17-14-20(27)26(15-17)23(2,3)4/h6-9,17-18H,5,10-15H2,1-4H3,(H,24,28). The average Bonchev–Trinajstić information content (AvgIpc) is 3.11. The zero-order valence-electron chi connectivity index (χ0n) is 18.4. The molecule has 1 atom stereocenters. The second-order valence-corrected chi connectivity index (χ2v) is 9.11. The summed E-state index contributed by atoms with van der Waals surface area (Å²) in [6.07, 6.45) is 1.72. The van der Waals surface area contributed by atoms with Crippen molar-refractivity contribution < 1.29 is 19.1 Å². The average molecular weight is 416 g/mol. The van der Waals surface area contributed by atoms with E-state index in [0.717, 1.165) is 18.6 Å². The number of nitrogens with one attached hydrogen (secondary N) is 1. The number of ether oxygens (including phenoxy) is 1. The van der Waals surface area contributed by atoms with Gasteiger partial charge in [-0.05, 0) is 64.8 Å². The smallest absolute Gasteiger partial charge is 0.253 e. The van der Waals surface area contributed by atoms with Crippen LogP contribution in [0.3, 0.4) is 0 Å². The number of carbonyl (C=O) groups excluding carboxylic acids is 3. The minimum atomic E-state index is -0.291. The Hall–Kier alpha value is -2.57. The van der Waals surface area contributed by atoms with Gasteiger partial charge in [0.2, 0.25) is 11.8 Å². The Morgan fingerprint density at radius 2 is 1.77 bits per heavy atom. The number of nitrogens with zero attached hydrogens (tertiary/aromatic N) is 2. The van der Waals surface area contributed by atoms with Crippen molar-refractivity contribution in [2.24, 2.45) is 5.92 Å². The largest absolute Gasteiger partial charge is 0.494 e. The molecule has 30 heavy (non-hydrogen) atoms. The van der Waals surface area contributed by atoms with Gasteiger partial charge in [0.15, 0.2) is 0 Å². The molecule has 3 amide bonds. The van der Waals surface area contributed by atoms with Gasteiger partial charge in [-0.15, -0.1) is 0 Å². The number of amides is 3. The molecule has 164 valence electrons. The van der Waals surface area contributed by atoms with Crippen molar-refractivity contribution in [2.45, 2.75) is 58.5 Å². The summed E-state index contributed by atoms with van der Waals surface area (Å²) in [7, 11) is 0. The van der Waals surface area contributed by atoms with E-state index in [4.69, 9.17) is 4.74 Å². The van der Waals surface area contributed by atoms with E-state index in [1.54, 1.807) is 17.0 Å². The van der Waals surface area contributed by atoms with Crippen molar-refractivity contribution >= 4 is 17.7 Å². The van der Waals surface area contributed by atoms with Gasteiger partial charge in [-0.2, -0.15) is 0 Å². The van der Waals surface area contributed by atoms with Gasteiger partial charge >= 0.3 is 0 Å². The Morgan fingerprint density at radius 1 is 1.13 bits per heavy atom. The quantitative estimate of drug-likeness (QED) is 0.801. The van der Waals surface area contributed by atoms with Crippen molar-refractivity contribution in [3.8, 4) is 5.75 Å². The fourth-order valence-corrected chi connectivity index (χ4v) is 4.12. The first-order valence-corrected chi connectivity index (χ1v) is 10.8. The Labute approximate surface area is 178 Å². The normalized spacial score (nSPS) is 20.4. The minimum absolute atomic E-state index is 0.00466. The van der Waals surface area contributed by atoms with Crippen LogP contribution in [0.4, 0.5) is 0 Å². The first-order chi connectivity index (χ1) is 14.2. The first kappa shape index (κ1) is 22.1. The summed E-state index contributed by atoms with van der Waals surface area (Å²) in [5, 5.41) is 3.10. The molecular weight excluding hydrogens is 382 g/mol. The third-order valence-corrected chi connectivity index (χ3v) is 5.85. The van der Waals surface area contributed by atoms with Crippen LogP contribution in [0.5, 0.6) is 5.75 Å². The molecule has 7 nitrogen and oxygen atoms in total. The molecule has 3 rings (SSSR count). The number of hydrogen-bond donors (Lipinski definition) is 1. The molecule has 1 unspecified atom stereocenters. The lowest BCUT2D eigenvalue weighted by atomic mass is 10.0. The lowest BCUT2D eigenvalue weighted by Crippen LogP contribution is -2.48. The van der Waals surface area contributed by atoms with Crippen molar-refractivity contribution in [1.82, 2.24) is 15.1 Å². The van der Waals surface area contributed by atoms with Crippen molar-refractivity contribution in [2.75, 3.05) is 26.2 Å². The van der Waals surface area contributed by atoms with Crippen LogP contribution in [0.1, 0.15) is 57.3 Å². The molecule has 7 heteroatoms. The molecular formula is C23H33N3O4. The van der Waals surface area contributed by atoms with E-state index in [1.807, 2.05) is 44.7 Å². The summed E-state index contributed by atoms with van der Waals surface area (Å²) in [6.45, 7) is 10.2. The van der Waals surface area contributed by atoms with Crippen molar-refractivity contribution in [1.29, 1.82) is 0 Å². The number of likely N-dealkylation sites (tertiary alicyclic amines) is 2. The maximum atomic E-state index is 12.7. The number of rotatable bonds is 5. The fourth-order valence-electron chi connectivity index (χ4n) is 4.12. The van der Waals surface area contributed by atoms with Crippen LogP contribution in [0.2, 0.25) is 0 Å². The van der Waals surface area contributed by atoms with Gasteiger partial charge in [-0.1, -0.05) is 0 Å². The Bertz CT molecular complexity index is 777. The zero-order chi connectivity index (χ0) is 21.9. The van der Waals surface area contributed by atoms with Gasteiger partial charge < -0.3 is 19.9 Å². The summed E-state index contributed by atoms with van der Waals surface area (Å²) in [4.78, 5) is 41.3. The van der Waals surface area contributed by atoms with Crippen LogP contribution < -0.4 is 10.1 Å². The predicted molar refractivity (Wildman–Crippen MR) is 114 cm³/mol. The third kappa shape index (κ3) is 5.12. The van der Waals surface area contributed by atoms with Crippen molar-refractivity contribution in [3.63, 3.8) is 0 Å². The predicted octanol–water partition coefficient (Wildman–Crippen LogP) is 2.45. The third-order valence-electron chi connectivity index (χ3n) is 5.85. The molecule has 0 aromatic heterocycles. The second-order valence-electron chi connectivity index (χ2n) is 9.11. The molecule has 1 aromatic rings. The zero-order valence-corrected chi connectivity index (χ0v) is 18.4. The fraction of sp³-hybridized carbons (Fsp3) is 0.609. The van der Waals surface area contributed by atoms with E-state index in [-0.39, 0.29) is 41.6 Å². The molecule has 2 fully saturated rings. The van der Waals surface area contributed by atoms with E-state index in [1.165, 1.54) is 0 Å². The number of hydrogen-bond acceptors (Lipinski definition) is 4. The topological polar surface area (TPSA) is 79.0 Å². The molecule has 2 saturated heterocycles. The van der Waals surface area contributed by atoms with Crippen LogP contribution in [-0.2, 0) is 9.59 Å². The molecule has 2 aliphatic rings. The summed E-state index contributed by atoms with van der Waals surface area (Å²) in [5.41, 5.74) is 0.381. The molecule has 0 saturated carbocycles.